The van der Waals surface area contributed by atoms with Crippen LogP contribution in [0.2, 0.25) is 0 Å². The van der Waals surface area contributed by atoms with Crippen LogP contribution in [0, 0.1) is 11.8 Å². The monoisotopic (exact) mass is 478 g/mol. The minimum Gasteiger partial charge on any atom is -0.423 e. The van der Waals surface area contributed by atoms with Gasteiger partial charge in [-0.15, -0.1) is 0 Å². The van der Waals surface area contributed by atoms with Gasteiger partial charge in [-0.05, 0) is 36.7 Å². The van der Waals surface area contributed by atoms with Crippen LogP contribution in [0.25, 0.3) is 11.4 Å². The van der Waals surface area contributed by atoms with Gasteiger partial charge in [0, 0.05) is 12.0 Å². The van der Waals surface area contributed by atoms with Crippen LogP contribution in [0.15, 0.2) is 36.7 Å². The lowest BCUT2D eigenvalue weighted by Gasteiger charge is -2.28. The fourth-order valence-electron chi connectivity index (χ4n) is 5.26. The topological polar surface area (TPSA) is 52.1 Å². The van der Waals surface area contributed by atoms with Gasteiger partial charge in [0.1, 0.15) is 0 Å². The number of rotatable bonds is 15. The molecule has 1 aromatic carbocycles. The normalized spacial score (nSPS) is 17.9. The van der Waals surface area contributed by atoms with Crippen molar-refractivity contribution < 1.29 is 9.53 Å². The SMILES string of the molecule is CCCCCCCC(=O)Oc1cnc(-c2ccc(CCC3CCC(CCCCC)CC3)cc2)nc1. The first-order valence-corrected chi connectivity index (χ1v) is 14.3. The highest BCUT2D eigenvalue weighted by atomic mass is 16.5. The molecule has 0 bridgehead atoms. The smallest absolute Gasteiger partial charge is 0.311 e. The number of benzene rings is 1. The van der Waals surface area contributed by atoms with Crippen LogP contribution in [0.4, 0.5) is 0 Å². The van der Waals surface area contributed by atoms with Crippen molar-refractivity contribution in [1.29, 1.82) is 0 Å². The Morgan fingerprint density at radius 1 is 0.800 bits per heavy atom. The largest absolute Gasteiger partial charge is 0.423 e. The molecule has 1 aliphatic carbocycles. The molecule has 1 aliphatic rings. The lowest BCUT2D eigenvalue weighted by atomic mass is 9.78. The fourth-order valence-corrected chi connectivity index (χ4v) is 5.26. The minimum absolute atomic E-state index is 0.202. The van der Waals surface area contributed by atoms with Gasteiger partial charge in [-0.2, -0.15) is 0 Å². The van der Waals surface area contributed by atoms with E-state index in [9.17, 15) is 4.79 Å². The Morgan fingerprint density at radius 3 is 2.06 bits per heavy atom. The molecule has 0 unspecified atom stereocenters. The quantitative estimate of drug-likeness (QED) is 0.190. The number of aryl methyl sites for hydroxylation is 1. The number of hydrogen-bond donors (Lipinski definition) is 0. The molecule has 4 nitrogen and oxygen atoms in total. The number of carbonyl (C=O) groups is 1. The van der Waals surface area contributed by atoms with Gasteiger partial charge in [0.05, 0.1) is 12.4 Å². The summed E-state index contributed by atoms with van der Waals surface area (Å²) in [6.07, 6.45) is 23.0. The molecule has 1 saturated carbocycles. The summed E-state index contributed by atoms with van der Waals surface area (Å²) in [5.41, 5.74) is 2.39. The predicted octanol–water partition coefficient (Wildman–Crippen LogP) is 8.73. The second-order valence-corrected chi connectivity index (χ2v) is 10.5. The van der Waals surface area contributed by atoms with Gasteiger partial charge >= 0.3 is 5.97 Å². The molecule has 0 atom stereocenters. The number of nitrogens with zero attached hydrogens (tertiary/aromatic N) is 2. The van der Waals surface area contributed by atoms with E-state index in [-0.39, 0.29) is 5.97 Å². The van der Waals surface area contributed by atoms with E-state index >= 15 is 0 Å². The number of carbonyl (C=O) groups excluding carboxylic acids is 1. The number of aromatic nitrogens is 2. The van der Waals surface area contributed by atoms with Crippen molar-refractivity contribution in [2.75, 3.05) is 0 Å². The highest BCUT2D eigenvalue weighted by Gasteiger charge is 2.20. The molecule has 4 heteroatoms. The first-order valence-electron chi connectivity index (χ1n) is 14.3. The molecule has 1 heterocycles. The lowest BCUT2D eigenvalue weighted by molar-refractivity contribution is -0.134. The van der Waals surface area contributed by atoms with Crippen molar-refractivity contribution in [2.45, 2.75) is 117 Å². The molecule has 2 aromatic rings. The third-order valence-electron chi connectivity index (χ3n) is 7.58. The fraction of sp³-hybridized carbons (Fsp3) is 0.645. The third-order valence-corrected chi connectivity index (χ3v) is 7.58. The van der Waals surface area contributed by atoms with Crippen LogP contribution in [0.5, 0.6) is 5.75 Å². The second kappa shape index (κ2) is 15.7. The highest BCUT2D eigenvalue weighted by molar-refractivity contribution is 5.72. The average Bonchev–Trinajstić information content (AvgIpc) is 2.89. The van der Waals surface area contributed by atoms with Crippen LogP contribution in [0.1, 0.15) is 116 Å². The Balaban J connectivity index is 1.37. The summed E-state index contributed by atoms with van der Waals surface area (Å²) >= 11 is 0. The summed E-state index contributed by atoms with van der Waals surface area (Å²) in [5.74, 6) is 2.77. The van der Waals surface area contributed by atoms with Gasteiger partial charge in [0.25, 0.3) is 0 Å². The zero-order valence-electron chi connectivity index (χ0n) is 22.1. The molecular weight excluding hydrogens is 432 g/mol. The van der Waals surface area contributed by atoms with Crippen LogP contribution in [-0.2, 0) is 11.2 Å². The van der Waals surface area contributed by atoms with Crippen LogP contribution in [-0.4, -0.2) is 15.9 Å². The van der Waals surface area contributed by atoms with Gasteiger partial charge in [-0.1, -0.05) is 115 Å². The van der Waals surface area contributed by atoms with E-state index in [1.165, 1.54) is 82.6 Å². The number of ether oxygens (including phenoxy) is 1. The standard InChI is InChI=1S/C31H46N2O2/c1-3-5-7-8-10-12-30(34)35-29-23-32-31(33-24-29)28-21-19-27(20-22-28)18-17-26-15-13-25(14-16-26)11-9-6-4-2/h19-26H,3-18H2,1-2H3. The average molecular weight is 479 g/mol. The van der Waals surface area contributed by atoms with Crippen molar-refractivity contribution >= 4 is 5.97 Å². The Labute approximate surface area is 213 Å². The van der Waals surface area contributed by atoms with Crippen LogP contribution in [0.3, 0.4) is 0 Å². The maximum Gasteiger partial charge on any atom is 0.311 e. The maximum atomic E-state index is 12.0. The first-order chi connectivity index (χ1) is 17.2. The Hall–Kier alpha value is -2.23. The summed E-state index contributed by atoms with van der Waals surface area (Å²) in [6.45, 7) is 4.48. The molecule has 3 rings (SSSR count). The molecule has 0 amide bonds. The van der Waals surface area contributed by atoms with E-state index in [1.807, 2.05) is 0 Å². The number of hydrogen-bond acceptors (Lipinski definition) is 4. The second-order valence-electron chi connectivity index (χ2n) is 10.5. The summed E-state index contributed by atoms with van der Waals surface area (Å²) < 4.78 is 5.39. The van der Waals surface area contributed by atoms with E-state index in [0.29, 0.717) is 18.0 Å². The maximum absolute atomic E-state index is 12.0. The predicted molar refractivity (Wildman–Crippen MR) is 144 cm³/mol. The van der Waals surface area contributed by atoms with Gasteiger partial charge in [0.2, 0.25) is 0 Å². The number of esters is 1. The molecule has 0 spiro atoms. The van der Waals surface area contributed by atoms with Gasteiger partial charge in [-0.25, -0.2) is 9.97 Å². The highest BCUT2D eigenvalue weighted by Crippen LogP contribution is 2.34. The van der Waals surface area contributed by atoms with E-state index in [0.717, 1.165) is 36.7 Å². The van der Waals surface area contributed by atoms with Crippen LogP contribution >= 0.6 is 0 Å². The molecule has 1 aromatic heterocycles. The van der Waals surface area contributed by atoms with Gasteiger partial charge < -0.3 is 4.74 Å². The first kappa shape index (κ1) is 27.4. The summed E-state index contributed by atoms with van der Waals surface area (Å²) in [6, 6.07) is 8.64. The summed E-state index contributed by atoms with van der Waals surface area (Å²) in [5, 5.41) is 0. The van der Waals surface area contributed by atoms with E-state index in [2.05, 4.69) is 48.1 Å². The van der Waals surface area contributed by atoms with Crippen molar-refractivity contribution in [1.82, 2.24) is 9.97 Å². The molecule has 35 heavy (non-hydrogen) atoms. The van der Waals surface area contributed by atoms with E-state index in [4.69, 9.17) is 4.74 Å². The van der Waals surface area contributed by atoms with Gasteiger partial charge in [0.15, 0.2) is 11.6 Å². The van der Waals surface area contributed by atoms with E-state index < -0.39 is 0 Å². The van der Waals surface area contributed by atoms with Crippen molar-refractivity contribution in [2.24, 2.45) is 11.8 Å². The third kappa shape index (κ3) is 10.1. The molecule has 0 radical (unpaired) electrons. The molecule has 0 saturated heterocycles. The minimum atomic E-state index is -0.202. The Bertz CT molecular complexity index is 839. The zero-order valence-corrected chi connectivity index (χ0v) is 22.1. The van der Waals surface area contributed by atoms with Crippen molar-refractivity contribution in [3.05, 3.63) is 42.2 Å². The van der Waals surface area contributed by atoms with Crippen molar-refractivity contribution in [3.63, 3.8) is 0 Å². The van der Waals surface area contributed by atoms with Crippen LogP contribution < -0.4 is 4.74 Å². The molecule has 192 valence electrons. The molecule has 0 N–H and O–H groups in total. The summed E-state index contributed by atoms with van der Waals surface area (Å²) in [4.78, 5) is 20.8. The zero-order chi connectivity index (χ0) is 24.7. The molecule has 1 fully saturated rings. The lowest BCUT2D eigenvalue weighted by Crippen LogP contribution is -2.15. The summed E-state index contributed by atoms with van der Waals surface area (Å²) in [7, 11) is 0. The Kier molecular flexibility index (Phi) is 12.3. The van der Waals surface area contributed by atoms with E-state index in [1.54, 1.807) is 12.4 Å². The molecular formula is C31H46N2O2. The van der Waals surface area contributed by atoms with Crippen molar-refractivity contribution in [3.8, 4) is 17.1 Å². The number of unbranched alkanes of at least 4 members (excludes halogenated alkanes) is 6. The Morgan fingerprint density at radius 2 is 1.40 bits per heavy atom. The molecule has 0 aliphatic heterocycles. The van der Waals surface area contributed by atoms with Gasteiger partial charge in [-0.3, -0.25) is 4.79 Å².